The van der Waals surface area contributed by atoms with Crippen molar-refractivity contribution >= 4 is 48.0 Å². The van der Waals surface area contributed by atoms with Crippen LogP contribution in [0.25, 0.3) is 0 Å². The quantitative estimate of drug-likeness (QED) is 0.917. The number of likely N-dealkylation sites (N-methyl/N-ethyl adjacent to an activating group) is 1. The van der Waals surface area contributed by atoms with E-state index in [1.165, 1.54) is 0 Å². The van der Waals surface area contributed by atoms with Crippen LogP contribution in [-0.4, -0.2) is 55.5 Å². The van der Waals surface area contributed by atoms with E-state index in [9.17, 15) is 4.79 Å². The second-order valence-electron chi connectivity index (χ2n) is 4.64. The lowest BCUT2D eigenvalue weighted by Crippen LogP contribution is -2.47. The van der Waals surface area contributed by atoms with Gasteiger partial charge in [-0.25, -0.2) is 0 Å². The van der Waals surface area contributed by atoms with Gasteiger partial charge < -0.3 is 10.2 Å². The van der Waals surface area contributed by atoms with Gasteiger partial charge in [-0.2, -0.15) is 0 Å². The van der Waals surface area contributed by atoms with Crippen LogP contribution in [0.4, 0.5) is 5.69 Å². The Balaban J connectivity index is 0.00000180. The minimum atomic E-state index is 0. The van der Waals surface area contributed by atoms with Gasteiger partial charge in [0.25, 0.3) is 0 Å². The summed E-state index contributed by atoms with van der Waals surface area (Å²) < 4.78 is 0. The zero-order chi connectivity index (χ0) is 13.0. The lowest BCUT2D eigenvalue weighted by atomic mass is 10.3. The SMILES string of the molecule is CN1CCN(CC(=O)Nc2cccc(Cl)c2)CC1.Cl.Cl. The van der Waals surface area contributed by atoms with Gasteiger partial charge in [0.1, 0.15) is 0 Å². The molecule has 0 radical (unpaired) electrons. The highest BCUT2D eigenvalue weighted by Crippen LogP contribution is 2.14. The molecule has 1 saturated heterocycles. The second-order valence-corrected chi connectivity index (χ2v) is 5.07. The maximum atomic E-state index is 11.9. The van der Waals surface area contributed by atoms with Gasteiger partial charge in [-0.1, -0.05) is 17.7 Å². The van der Waals surface area contributed by atoms with Crippen LogP contribution in [0.5, 0.6) is 0 Å². The molecule has 4 nitrogen and oxygen atoms in total. The molecule has 1 aliphatic heterocycles. The van der Waals surface area contributed by atoms with Crippen LogP contribution in [0.1, 0.15) is 0 Å². The van der Waals surface area contributed by atoms with Crippen LogP contribution in [0, 0.1) is 0 Å². The third-order valence-corrected chi connectivity index (χ3v) is 3.31. The van der Waals surface area contributed by atoms with Gasteiger partial charge in [0.2, 0.25) is 5.91 Å². The van der Waals surface area contributed by atoms with Crippen LogP contribution >= 0.6 is 36.4 Å². The highest BCUT2D eigenvalue weighted by atomic mass is 35.5. The summed E-state index contributed by atoms with van der Waals surface area (Å²) in [6.45, 7) is 4.37. The molecule has 20 heavy (non-hydrogen) atoms. The lowest BCUT2D eigenvalue weighted by molar-refractivity contribution is -0.117. The van der Waals surface area contributed by atoms with Gasteiger partial charge in [0.15, 0.2) is 0 Å². The van der Waals surface area contributed by atoms with Gasteiger partial charge in [-0.3, -0.25) is 9.69 Å². The summed E-state index contributed by atoms with van der Waals surface area (Å²) in [6.07, 6.45) is 0. The van der Waals surface area contributed by atoms with E-state index < -0.39 is 0 Å². The number of hydrogen-bond donors (Lipinski definition) is 1. The monoisotopic (exact) mass is 339 g/mol. The molecule has 114 valence electrons. The highest BCUT2D eigenvalue weighted by Gasteiger charge is 2.16. The molecule has 1 aromatic carbocycles. The van der Waals surface area contributed by atoms with E-state index in [2.05, 4.69) is 22.2 Å². The zero-order valence-corrected chi connectivity index (χ0v) is 13.7. The van der Waals surface area contributed by atoms with Crippen molar-refractivity contribution in [3.8, 4) is 0 Å². The molecule has 0 spiro atoms. The summed E-state index contributed by atoms with van der Waals surface area (Å²) in [7, 11) is 2.10. The van der Waals surface area contributed by atoms with Gasteiger partial charge in [0, 0.05) is 36.9 Å². The molecule has 0 aliphatic carbocycles. The van der Waals surface area contributed by atoms with Crippen LogP contribution in [-0.2, 0) is 4.79 Å². The number of anilines is 1. The minimum absolute atomic E-state index is 0. The Hall–Kier alpha value is -0.520. The standard InChI is InChI=1S/C13H18ClN3O.2ClH/c1-16-5-7-17(8-6-16)10-13(18)15-12-4-2-3-11(14)9-12;;/h2-4,9H,5-8,10H2,1H3,(H,15,18);2*1H. The Kier molecular flexibility index (Phi) is 9.18. The number of benzene rings is 1. The van der Waals surface area contributed by atoms with Crippen molar-refractivity contribution in [2.75, 3.05) is 45.1 Å². The first-order chi connectivity index (χ1) is 8.63. The number of halogens is 3. The molecule has 1 aliphatic rings. The van der Waals surface area contributed by atoms with Gasteiger partial charge in [0.05, 0.1) is 6.54 Å². The van der Waals surface area contributed by atoms with Gasteiger partial charge in [-0.05, 0) is 25.2 Å². The molecule has 2 rings (SSSR count). The Morgan fingerprint density at radius 1 is 1.25 bits per heavy atom. The van der Waals surface area contributed by atoms with E-state index >= 15 is 0 Å². The smallest absolute Gasteiger partial charge is 0.238 e. The van der Waals surface area contributed by atoms with E-state index in [1.807, 2.05) is 12.1 Å². The number of nitrogens with one attached hydrogen (secondary N) is 1. The van der Waals surface area contributed by atoms with E-state index in [1.54, 1.807) is 12.1 Å². The largest absolute Gasteiger partial charge is 0.325 e. The summed E-state index contributed by atoms with van der Waals surface area (Å²) >= 11 is 5.87. The molecule has 1 amide bonds. The molecule has 1 N–H and O–H groups in total. The van der Waals surface area contributed by atoms with Crippen LogP contribution in [0.2, 0.25) is 5.02 Å². The molecule has 0 aromatic heterocycles. The number of hydrogen-bond acceptors (Lipinski definition) is 3. The third kappa shape index (κ3) is 6.29. The van der Waals surface area contributed by atoms with Crippen molar-refractivity contribution in [2.45, 2.75) is 0 Å². The summed E-state index contributed by atoms with van der Waals surface area (Å²) in [4.78, 5) is 16.3. The van der Waals surface area contributed by atoms with Crippen molar-refractivity contribution in [2.24, 2.45) is 0 Å². The maximum absolute atomic E-state index is 11.9. The second kappa shape index (κ2) is 9.42. The first-order valence-electron chi connectivity index (χ1n) is 6.10. The highest BCUT2D eigenvalue weighted by molar-refractivity contribution is 6.30. The minimum Gasteiger partial charge on any atom is -0.325 e. The molecule has 1 fully saturated rings. The van der Waals surface area contributed by atoms with Crippen molar-refractivity contribution < 1.29 is 4.79 Å². The first kappa shape index (κ1) is 19.5. The first-order valence-corrected chi connectivity index (χ1v) is 6.47. The molecule has 7 heteroatoms. The van der Waals surface area contributed by atoms with Gasteiger partial charge in [-0.15, -0.1) is 24.8 Å². The average Bonchev–Trinajstić information content (AvgIpc) is 2.32. The normalized spacial score (nSPS) is 15.9. The van der Waals surface area contributed by atoms with E-state index in [0.717, 1.165) is 31.9 Å². The lowest BCUT2D eigenvalue weighted by Gasteiger charge is -2.31. The number of rotatable bonds is 3. The fourth-order valence-corrected chi connectivity index (χ4v) is 2.17. The molecule has 0 atom stereocenters. The van der Waals surface area contributed by atoms with E-state index in [0.29, 0.717) is 11.6 Å². The predicted octanol–water partition coefficient (Wildman–Crippen LogP) is 2.37. The average molecular weight is 341 g/mol. The van der Waals surface area contributed by atoms with Crippen LogP contribution in [0.15, 0.2) is 24.3 Å². The summed E-state index contributed by atoms with van der Waals surface area (Å²) in [5.74, 6) is 0.0156. The van der Waals surface area contributed by atoms with E-state index in [4.69, 9.17) is 11.6 Å². The third-order valence-electron chi connectivity index (χ3n) is 3.07. The zero-order valence-electron chi connectivity index (χ0n) is 11.3. The fraction of sp³-hybridized carbons (Fsp3) is 0.462. The Labute approximate surface area is 137 Å². The Morgan fingerprint density at radius 2 is 1.90 bits per heavy atom. The topological polar surface area (TPSA) is 35.6 Å². The van der Waals surface area contributed by atoms with Crippen molar-refractivity contribution in [3.63, 3.8) is 0 Å². The molecule has 0 bridgehead atoms. The number of piperazine rings is 1. The fourth-order valence-electron chi connectivity index (χ4n) is 1.98. The molecular weight excluding hydrogens is 321 g/mol. The Bertz CT molecular complexity index is 423. The van der Waals surface area contributed by atoms with Crippen molar-refractivity contribution in [1.82, 2.24) is 9.80 Å². The molecule has 0 saturated carbocycles. The van der Waals surface area contributed by atoms with Crippen LogP contribution in [0.3, 0.4) is 0 Å². The molecule has 1 aromatic rings. The number of nitrogens with zero attached hydrogens (tertiary/aromatic N) is 2. The summed E-state index contributed by atoms with van der Waals surface area (Å²) in [6, 6.07) is 7.21. The van der Waals surface area contributed by atoms with Crippen molar-refractivity contribution in [1.29, 1.82) is 0 Å². The van der Waals surface area contributed by atoms with Gasteiger partial charge >= 0.3 is 0 Å². The van der Waals surface area contributed by atoms with E-state index in [-0.39, 0.29) is 30.7 Å². The number of carbonyl (C=O) groups is 1. The molecule has 1 heterocycles. The molecular formula is C13H20Cl3N3O. The summed E-state index contributed by atoms with van der Waals surface area (Å²) in [5.41, 5.74) is 0.752. The molecule has 0 unspecified atom stereocenters. The summed E-state index contributed by atoms with van der Waals surface area (Å²) in [5, 5.41) is 3.49. The van der Waals surface area contributed by atoms with Crippen LogP contribution < -0.4 is 5.32 Å². The maximum Gasteiger partial charge on any atom is 0.238 e. The Morgan fingerprint density at radius 3 is 2.50 bits per heavy atom. The number of amides is 1. The number of carbonyl (C=O) groups excluding carboxylic acids is 1. The van der Waals surface area contributed by atoms with Crippen molar-refractivity contribution in [3.05, 3.63) is 29.3 Å². The predicted molar refractivity (Wildman–Crippen MR) is 88.5 cm³/mol.